The zero-order chi connectivity index (χ0) is 14.7. The van der Waals surface area contributed by atoms with E-state index in [1.807, 2.05) is 0 Å². The highest BCUT2D eigenvalue weighted by atomic mass is 19.3. The van der Waals surface area contributed by atoms with Gasteiger partial charge < -0.3 is 15.8 Å². The summed E-state index contributed by atoms with van der Waals surface area (Å²) in [6, 6.07) is 2.19. The van der Waals surface area contributed by atoms with Crippen LogP contribution in [0.4, 0.5) is 24.5 Å². The summed E-state index contributed by atoms with van der Waals surface area (Å²) in [4.78, 5) is 0. The van der Waals surface area contributed by atoms with Gasteiger partial charge in [-0.1, -0.05) is 13.3 Å². The van der Waals surface area contributed by atoms with Crippen molar-refractivity contribution in [2.45, 2.75) is 32.8 Å². The van der Waals surface area contributed by atoms with E-state index in [4.69, 9.17) is 5.73 Å². The van der Waals surface area contributed by atoms with Gasteiger partial charge in [-0.3, -0.25) is 0 Å². The van der Waals surface area contributed by atoms with E-state index < -0.39 is 18.2 Å². The number of nitrogens with one attached hydrogen (secondary N) is 1. The van der Waals surface area contributed by atoms with Crippen molar-refractivity contribution in [3.8, 4) is 5.75 Å². The first-order valence-corrected chi connectivity index (χ1v) is 6.73. The number of nitrogen functional groups attached to an aromatic ring is 1. The lowest BCUT2D eigenvalue weighted by atomic mass is 10.1. The van der Waals surface area contributed by atoms with Crippen LogP contribution in [0.5, 0.6) is 5.75 Å². The highest BCUT2D eigenvalue weighted by molar-refractivity contribution is 5.68. The summed E-state index contributed by atoms with van der Waals surface area (Å²) in [5.41, 5.74) is 6.31. The van der Waals surface area contributed by atoms with Crippen LogP contribution in [-0.4, -0.2) is 13.2 Å². The molecule has 0 radical (unpaired) electrons. The highest BCUT2D eigenvalue weighted by Crippen LogP contribution is 2.33. The molecule has 3 N–H and O–H groups in total. The third kappa shape index (κ3) is 3.71. The van der Waals surface area contributed by atoms with Crippen LogP contribution in [0.15, 0.2) is 12.1 Å². The standard InChI is InChI=1S/C14H19F3N2O/c1-8-2-3-9(4-8)7-19-12-6-13(20-14(16)17)10(15)5-11(12)18/h5-6,8-9,14,19H,2-4,7,18H2,1H3. The zero-order valence-corrected chi connectivity index (χ0v) is 11.3. The summed E-state index contributed by atoms with van der Waals surface area (Å²) in [7, 11) is 0. The molecule has 0 amide bonds. The Morgan fingerprint density at radius 1 is 1.40 bits per heavy atom. The van der Waals surface area contributed by atoms with Gasteiger partial charge in [0.2, 0.25) is 0 Å². The van der Waals surface area contributed by atoms with Crippen LogP contribution in [0, 0.1) is 17.7 Å². The van der Waals surface area contributed by atoms with E-state index in [1.54, 1.807) is 0 Å². The lowest BCUT2D eigenvalue weighted by molar-refractivity contribution is -0.0521. The first-order chi connectivity index (χ1) is 9.45. The highest BCUT2D eigenvalue weighted by Gasteiger charge is 2.21. The molecule has 1 aromatic carbocycles. The summed E-state index contributed by atoms with van der Waals surface area (Å²) in [6.07, 6.45) is 3.47. The van der Waals surface area contributed by atoms with Crippen molar-refractivity contribution in [1.82, 2.24) is 0 Å². The maximum atomic E-state index is 13.4. The monoisotopic (exact) mass is 288 g/mol. The number of hydrogen-bond acceptors (Lipinski definition) is 3. The lowest BCUT2D eigenvalue weighted by Gasteiger charge is -2.15. The van der Waals surface area contributed by atoms with E-state index in [2.05, 4.69) is 17.0 Å². The van der Waals surface area contributed by atoms with Gasteiger partial charge in [0.15, 0.2) is 11.6 Å². The first kappa shape index (κ1) is 14.8. The van der Waals surface area contributed by atoms with E-state index in [0.717, 1.165) is 18.9 Å². The summed E-state index contributed by atoms with van der Waals surface area (Å²) in [6.45, 7) is -0.147. The molecule has 0 aromatic heterocycles. The van der Waals surface area contributed by atoms with Crippen LogP contribution < -0.4 is 15.8 Å². The Morgan fingerprint density at radius 2 is 2.15 bits per heavy atom. The number of rotatable bonds is 5. The van der Waals surface area contributed by atoms with Gasteiger partial charge in [-0.25, -0.2) is 4.39 Å². The second kappa shape index (κ2) is 6.24. The van der Waals surface area contributed by atoms with Crippen LogP contribution in [0.2, 0.25) is 0 Å². The zero-order valence-electron chi connectivity index (χ0n) is 11.3. The Balaban J connectivity index is 2.03. The van der Waals surface area contributed by atoms with Crippen LogP contribution in [0.25, 0.3) is 0 Å². The second-order valence-corrected chi connectivity index (χ2v) is 5.41. The molecule has 0 heterocycles. The van der Waals surface area contributed by atoms with Crippen molar-refractivity contribution < 1.29 is 17.9 Å². The quantitative estimate of drug-likeness (QED) is 0.809. The predicted octanol–water partition coefficient (Wildman–Crippen LogP) is 3.86. The van der Waals surface area contributed by atoms with Gasteiger partial charge in [-0.2, -0.15) is 8.78 Å². The average Bonchev–Trinajstić information content (AvgIpc) is 2.76. The van der Waals surface area contributed by atoms with Gasteiger partial charge in [0, 0.05) is 18.7 Å². The fourth-order valence-electron chi connectivity index (χ4n) is 2.67. The summed E-state index contributed by atoms with van der Waals surface area (Å²) >= 11 is 0. The summed E-state index contributed by atoms with van der Waals surface area (Å²) < 4.78 is 41.9. The molecular weight excluding hydrogens is 269 g/mol. The van der Waals surface area contributed by atoms with Crippen molar-refractivity contribution in [3.63, 3.8) is 0 Å². The third-order valence-electron chi connectivity index (χ3n) is 3.70. The van der Waals surface area contributed by atoms with Gasteiger partial charge in [0.25, 0.3) is 0 Å². The van der Waals surface area contributed by atoms with E-state index in [1.165, 1.54) is 12.5 Å². The molecule has 112 valence electrons. The molecule has 20 heavy (non-hydrogen) atoms. The van der Waals surface area contributed by atoms with Gasteiger partial charge in [-0.05, 0) is 24.7 Å². The minimum Gasteiger partial charge on any atom is -0.432 e. The number of benzene rings is 1. The van der Waals surface area contributed by atoms with E-state index >= 15 is 0 Å². The minimum atomic E-state index is -3.06. The molecule has 1 saturated carbocycles. The molecule has 2 atom stereocenters. The van der Waals surface area contributed by atoms with Crippen LogP contribution in [0.3, 0.4) is 0 Å². The van der Waals surface area contributed by atoms with Crippen LogP contribution >= 0.6 is 0 Å². The van der Waals surface area contributed by atoms with Gasteiger partial charge >= 0.3 is 6.61 Å². The molecule has 0 bridgehead atoms. The Hall–Kier alpha value is -1.59. The number of ether oxygens (including phenoxy) is 1. The van der Waals surface area contributed by atoms with Gasteiger partial charge in [0.05, 0.1) is 11.4 Å². The lowest BCUT2D eigenvalue weighted by Crippen LogP contribution is -2.13. The molecular formula is C14H19F3N2O. The van der Waals surface area contributed by atoms with Crippen LogP contribution in [-0.2, 0) is 0 Å². The van der Waals surface area contributed by atoms with Crippen LogP contribution in [0.1, 0.15) is 26.2 Å². The first-order valence-electron chi connectivity index (χ1n) is 6.73. The molecule has 1 fully saturated rings. The normalized spacial score (nSPS) is 22.2. The number of hydrogen-bond donors (Lipinski definition) is 2. The molecule has 0 spiro atoms. The van der Waals surface area contributed by atoms with E-state index in [0.29, 0.717) is 24.1 Å². The third-order valence-corrected chi connectivity index (χ3v) is 3.70. The van der Waals surface area contributed by atoms with Crippen molar-refractivity contribution in [2.24, 2.45) is 11.8 Å². The molecule has 1 aliphatic rings. The maximum Gasteiger partial charge on any atom is 0.387 e. The SMILES string of the molecule is CC1CCC(CNc2cc(OC(F)F)c(F)cc2N)C1. The summed E-state index contributed by atoms with van der Waals surface area (Å²) in [5.74, 6) is -0.127. The predicted molar refractivity (Wildman–Crippen MR) is 72.4 cm³/mol. The fraction of sp³-hybridized carbons (Fsp3) is 0.571. The Morgan fingerprint density at radius 3 is 2.75 bits per heavy atom. The van der Waals surface area contributed by atoms with Crippen molar-refractivity contribution in [1.29, 1.82) is 0 Å². The van der Waals surface area contributed by atoms with Crippen molar-refractivity contribution in [2.75, 3.05) is 17.6 Å². The molecule has 0 aliphatic heterocycles. The second-order valence-electron chi connectivity index (χ2n) is 5.41. The smallest absolute Gasteiger partial charge is 0.387 e. The maximum absolute atomic E-state index is 13.4. The fourth-order valence-corrected chi connectivity index (χ4v) is 2.67. The number of halogens is 3. The number of nitrogens with two attached hydrogens (primary N) is 1. The average molecular weight is 288 g/mol. The number of anilines is 2. The Kier molecular flexibility index (Phi) is 4.62. The molecule has 3 nitrogen and oxygen atoms in total. The number of alkyl halides is 2. The van der Waals surface area contributed by atoms with E-state index in [-0.39, 0.29) is 5.69 Å². The van der Waals surface area contributed by atoms with Crippen molar-refractivity contribution in [3.05, 3.63) is 17.9 Å². The molecule has 1 aromatic rings. The Bertz CT molecular complexity index is 468. The summed E-state index contributed by atoms with van der Waals surface area (Å²) in [5, 5.41) is 3.10. The molecule has 6 heteroatoms. The molecule has 2 rings (SSSR count). The molecule has 0 saturated heterocycles. The molecule has 1 aliphatic carbocycles. The van der Waals surface area contributed by atoms with Gasteiger partial charge in [-0.15, -0.1) is 0 Å². The molecule has 2 unspecified atom stereocenters. The largest absolute Gasteiger partial charge is 0.432 e. The van der Waals surface area contributed by atoms with Gasteiger partial charge in [0.1, 0.15) is 0 Å². The minimum absolute atomic E-state index is 0.190. The van der Waals surface area contributed by atoms with Crippen molar-refractivity contribution >= 4 is 11.4 Å². The van der Waals surface area contributed by atoms with E-state index in [9.17, 15) is 13.2 Å². The Labute approximate surface area is 116 Å². The topological polar surface area (TPSA) is 47.3 Å².